The molecule has 0 unspecified atom stereocenters. The molecule has 14 heavy (non-hydrogen) atoms. The molecule has 0 fully saturated rings. The smallest absolute Gasteiger partial charge is 0.287 e. The van der Waals surface area contributed by atoms with Crippen LogP contribution in [-0.4, -0.2) is 34.9 Å². The van der Waals surface area contributed by atoms with Crippen molar-refractivity contribution in [2.24, 2.45) is 10.2 Å². The average molecular weight is 204 g/mol. The van der Waals surface area contributed by atoms with Crippen molar-refractivity contribution in [1.29, 1.82) is 0 Å². The zero-order chi connectivity index (χ0) is 10.8. The number of hydrogen-bond acceptors (Lipinski definition) is 6. The number of hydroxylamine groups is 2. The average Bonchev–Trinajstić information content (AvgIpc) is 2.22. The van der Waals surface area contributed by atoms with Crippen LogP contribution >= 0.6 is 0 Å². The van der Waals surface area contributed by atoms with E-state index >= 15 is 0 Å². The normalized spacial score (nSPS) is 10.1. The number of carbonyl (C=O) groups is 2. The standard InChI is InChI=1S/C4H8N6O4/c11-3(9-13)7-5-1-2-6-8-4(12)10-14/h1-2,13-14H,(H2,7,9,11)(H2,8,10,12). The van der Waals surface area contributed by atoms with E-state index in [0.717, 1.165) is 12.4 Å². The van der Waals surface area contributed by atoms with E-state index in [9.17, 15) is 9.59 Å². The molecule has 10 heteroatoms. The lowest BCUT2D eigenvalue weighted by Gasteiger charge is -1.93. The maximum absolute atomic E-state index is 10.3. The van der Waals surface area contributed by atoms with Gasteiger partial charge >= 0.3 is 12.1 Å². The molecule has 0 heterocycles. The second-order valence-electron chi connectivity index (χ2n) is 1.66. The Kier molecular flexibility index (Phi) is 6.28. The highest BCUT2D eigenvalue weighted by Crippen LogP contribution is 1.61. The highest BCUT2D eigenvalue weighted by atomic mass is 16.5. The monoisotopic (exact) mass is 204 g/mol. The molecule has 0 saturated carbocycles. The van der Waals surface area contributed by atoms with Gasteiger partial charge in [0.2, 0.25) is 0 Å². The summed E-state index contributed by atoms with van der Waals surface area (Å²) in [5, 5.41) is 22.4. The Balaban J connectivity index is 3.60. The van der Waals surface area contributed by atoms with E-state index in [2.05, 4.69) is 10.2 Å². The lowest BCUT2D eigenvalue weighted by atomic mass is 10.8. The number of hydrazone groups is 2. The molecule has 0 radical (unpaired) electrons. The van der Waals surface area contributed by atoms with Crippen LogP contribution in [-0.2, 0) is 0 Å². The number of amides is 4. The number of carbonyl (C=O) groups excluding carboxylic acids is 2. The molecule has 4 amide bonds. The third kappa shape index (κ3) is 6.51. The van der Waals surface area contributed by atoms with Crippen LogP contribution in [0.3, 0.4) is 0 Å². The molecule has 0 aliphatic heterocycles. The van der Waals surface area contributed by atoms with Crippen LogP contribution in [0.15, 0.2) is 10.2 Å². The van der Waals surface area contributed by atoms with Crippen molar-refractivity contribution in [3.63, 3.8) is 0 Å². The predicted octanol–water partition coefficient (Wildman–Crippen LogP) is -1.67. The molecule has 10 nitrogen and oxygen atoms in total. The molecule has 0 aromatic carbocycles. The van der Waals surface area contributed by atoms with Gasteiger partial charge in [-0.2, -0.15) is 10.2 Å². The van der Waals surface area contributed by atoms with Crippen molar-refractivity contribution in [2.75, 3.05) is 0 Å². The highest BCUT2D eigenvalue weighted by molar-refractivity contribution is 6.16. The van der Waals surface area contributed by atoms with Crippen molar-refractivity contribution in [2.45, 2.75) is 0 Å². The fourth-order valence-corrected chi connectivity index (χ4v) is 0.308. The van der Waals surface area contributed by atoms with Gasteiger partial charge in [-0.15, -0.1) is 0 Å². The van der Waals surface area contributed by atoms with E-state index in [1.165, 1.54) is 11.0 Å². The Labute approximate surface area is 77.6 Å². The maximum atomic E-state index is 10.3. The number of hydrogen-bond donors (Lipinski definition) is 6. The summed E-state index contributed by atoms with van der Waals surface area (Å²) >= 11 is 0. The van der Waals surface area contributed by atoms with Gasteiger partial charge in [-0.05, 0) is 0 Å². The van der Waals surface area contributed by atoms with Gasteiger partial charge in [0.05, 0.1) is 12.4 Å². The zero-order valence-corrected chi connectivity index (χ0v) is 6.76. The van der Waals surface area contributed by atoms with Crippen LogP contribution in [0.25, 0.3) is 0 Å². The van der Waals surface area contributed by atoms with Gasteiger partial charge in [0.15, 0.2) is 0 Å². The Morgan fingerprint density at radius 3 is 1.57 bits per heavy atom. The third-order valence-corrected chi connectivity index (χ3v) is 0.751. The van der Waals surface area contributed by atoms with Crippen LogP contribution in [0.5, 0.6) is 0 Å². The summed E-state index contributed by atoms with van der Waals surface area (Å²) in [7, 11) is 0. The molecule has 0 atom stereocenters. The number of nitrogens with one attached hydrogen (secondary N) is 4. The van der Waals surface area contributed by atoms with Crippen molar-refractivity contribution >= 4 is 24.5 Å². The summed E-state index contributed by atoms with van der Waals surface area (Å²) in [6.07, 6.45) is 2.04. The first-order valence-electron chi connectivity index (χ1n) is 3.15. The molecule has 0 aliphatic carbocycles. The minimum atomic E-state index is -0.921. The molecule has 0 bridgehead atoms. The summed E-state index contributed by atoms with van der Waals surface area (Å²) in [5.74, 6) is 0. The largest absolute Gasteiger partial charge is 0.358 e. The fourth-order valence-electron chi connectivity index (χ4n) is 0.308. The van der Waals surface area contributed by atoms with Crippen LogP contribution in [0.1, 0.15) is 0 Å². The van der Waals surface area contributed by atoms with Gasteiger partial charge in [0, 0.05) is 0 Å². The molecular weight excluding hydrogens is 196 g/mol. The fraction of sp³-hybridized carbons (Fsp3) is 0. The molecule has 78 valence electrons. The summed E-state index contributed by atoms with van der Waals surface area (Å²) in [6, 6.07) is -1.84. The molecule has 0 saturated heterocycles. The van der Waals surface area contributed by atoms with Crippen molar-refractivity contribution in [3.05, 3.63) is 0 Å². The summed E-state index contributed by atoms with van der Waals surface area (Å²) in [4.78, 5) is 20.5. The molecule has 0 aliphatic rings. The van der Waals surface area contributed by atoms with E-state index in [-0.39, 0.29) is 0 Å². The van der Waals surface area contributed by atoms with Gasteiger partial charge in [-0.3, -0.25) is 10.4 Å². The SMILES string of the molecule is O=C(NO)NN=CC=NNC(=O)NO. The molecule has 0 aromatic heterocycles. The van der Waals surface area contributed by atoms with E-state index in [1.807, 2.05) is 10.9 Å². The molecule has 6 N–H and O–H groups in total. The molecule has 0 aromatic rings. The van der Waals surface area contributed by atoms with Gasteiger partial charge in [0.25, 0.3) is 0 Å². The second-order valence-corrected chi connectivity index (χ2v) is 1.66. The zero-order valence-electron chi connectivity index (χ0n) is 6.76. The molecular formula is C4H8N6O4. The lowest BCUT2D eigenvalue weighted by molar-refractivity contribution is 0.162. The number of nitrogens with zero attached hydrogens (tertiary/aromatic N) is 2. The third-order valence-electron chi connectivity index (χ3n) is 0.751. The summed E-state index contributed by atoms with van der Waals surface area (Å²) in [6.45, 7) is 0. The van der Waals surface area contributed by atoms with Crippen LogP contribution < -0.4 is 21.8 Å². The first kappa shape index (κ1) is 11.8. The molecule has 0 rings (SSSR count). The second kappa shape index (κ2) is 7.45. The van der Waals surface area contributed by atoms with Gasteiger partial charge in [0.1, 0.15) is 0 Å². The summed E-state index contributed by atoms with van der Waals surface area (Å²) < 4.78 is 0. The lowest BCUT2D eigenvalue weighted by Crippen LogP contribution is -2.30. The van der Waals surface area contributed by atoms with Crippen molar-refractivity contribution in [1.82, 2.24) is 21.8 Å². The summed E-state index contributed by atoms with van der Waals surface area (Å²) in [5.41, 5.74) is 6.19. The van der Waals surface area contributed by atoms with Gasteiger partial charge < -0.3 is 0 Å². The van der Waals surface area contributed by atoms with Crippen LogP contribution in [0, 0.1) is 0 Å². The predicted molar refractivity (Wildman–Crippen MR) is 43.9 cm³/mol. The minimum absolute atomic E-state index is 0.921. The Hall–Kier alpha value is -2.20. The van der Waals surface area contributed by atoms with Crippen molar-refractivity contribution in [3.8, 4) is 0 Å². The van der Waals surface area contributed by atoms with Crippen molar-refractivity contribution < 1.29 is 20.0 Å². The van der Waals surface area contributed by atoms with Gasteiger partial charge in [-0.1, -0.05) is 0 Å². The first-order valence-corrected chi connectivity index (χ1v) is 3.15. The Bertz CT molecular complexity index is 224. The van der Waals surface area contributed by atoms with Crippen LogP contribution in [0.2, 0.25) is 0 Å². The quantitative estimate of drug-likeness (QED) is 0.185. The Morgan fingerprint density at radius 1 is 0.929 bits per heavy atom. The van der Waals surface area contributed by atoms with E-state index < -0.39 is 12.1 Å². The number of rotatable bonds is 3. The Morgan fingerprint density at radius 2 is 1.29 bits per heavy atom. The number of urea groups is 2. The van der Waals surface area contributed by atoms with E-state index in [4.69, 9.17) is 10.4 Å². The topological polar surface area (TPSA) is 147 Å². The molecule has 0 spiro atoms. The highest BCUT2D eigenvalue weighted by Gasteiger charge is 1.90. The first-order chi connectivity index (χ1) is 6.70. The van der Waals surface area contributed by atoms with Crippen LogP contribution in [0.4, 0.5) is 9.59 Å². The van der Waals surface area contributed by atoms with E-state index in [1.54, 1.807) is 0 Å². The van der Waals surface area contributed by atoms with E-state index in [0.29, 0.717) is 0 Å². The maximum Gasteiger partial charge on any atom is 0.358 e. The van der Waals surface area contributed by atoms with Gasteiger partial charge in [-0.25, -0.2) is 31.4 Å². The minimum Gasteiger partial charge on any atom is -0.287 e.